The van der Waals surface area contributed by atoms with Crippen LogP contribution in [0.5, 0.6) is 0 Å². The van der Waals surface area contributed by atoms with E-state index in [0.717, 1.165) is 12.5 Å². The normalized spacial score (nSPS) is 28.3. The quantitative estimate of drug-likeness (QED) is 0.669. The summed E-state index contributed by atoms with van der Waals surface area (Å²) in [5, 5.41) is 0. The maximum absolute atomic E-state index is 6.26. The zero-order valence-corrected chi connectivity index (χ0v) is 13.8. The monoisotopic (exact) mass is 268 g/mol. The summed E-state index contributed by atoms with van der Waals surface area (Å²) in [7, 11) is 0. The second-order valence-corrected chi connectivity index (χ2v) is 6.79. The predicted molar refractivity (Wildman–Crippen MR) is 85.4 cm³/mol. The molecule has 1 aliphatic carbocycles. The van der Waals surface area contributed by atoms with E-state index in [4.69, 9.17) is 5.73 Å². The first-order valence-electron chi connectivity index (χ1n) is 8.56. The highest BCUT2D eigenvalue weighted by atomic mass is 15.2. The summed E-state index contributed by atoms with van der Waals surface area (Å²) in [4.78, 5) is 2.74. The zero-order chi connectivity index (χ0) is 14.3. The lowest BCUT2D eigenvalue weighted by Crippen LogP contribution is -2.59. The Morgan fingerprint density at radius 1 is 1.26 bits per heavy atom. The lowest BCUT2D eigenvalue weighted by molar-refractivity contribution is 0.01000. The average molecular weight is 268 g/mol. The highest BCUT2D eigenvalue weighted by Crippen LogP contribution is 2.38. The Labute approximate surface area is 121 Å². The first-order chi connectivity index (χ1) is 9.09. The molecule has 0 aromatic carbocycles. The van der Waals surface area contributed by atoms with Crippen LogP contribution in [0.1, 0.15) is 79.1 Å². The first kappa shape index (κ1) is 17.0. The second kappa shape index (κ2) is 8.26. The van der Waals surface area contributed by atoms with E-state index in [9.17, 15) is 0 Å². The molecule has 2 N–H and O–H groups in total. The molecule has 1 rings (SSSR count). The summed E-state index contributed by atoms with van der Waals surface area (Å²) in [6.45, 7) is 11.4. The Balaban J connectivity index is 2.75. The van der Waals surface area contributed by atoms with Crippen molar-refractivity contribution in [1.29, 1.82) is 0 Å². The van der Waals surface area contributed by atoms with E-state index in [1.807, 2.05) is 0 Å². The molecule has 0 radical (unpaired) electrons. The molecule has 19 heavy (non-hydrogen) atoms. The van der Waals surface area contributed by atoms with Crippen molar-refractivity contribution in [2.45, 2.75) is 90.6 Å². The van der Waals surface area contributed by atoms with Crippen molar-refractivity contribution >= 4 is 0 Å². The van der Waals surface area contributed by atoms with Gasteiger partial charge in [-0.2, -0.15) is 0 Å². The molecule has 1 fully saturated rings. The largest absolute Gasteiger partial charge is 0.329 e. The standard InChI is InChI=1S/C17H36N2/c1-5-7-8-12-19(15(3)4)17(14-18)11-9-10-16(6-2)13-17/h15-16H,5-14,18H2,1-4H3. The van der Waals surface area contributed by atoms with Gasteiger partial charge < -0.3 is 5.73 Å². The summed E-state index contributed by atoms with van der Waals surface area (Å²) in [5.41, 5.74) is 6.55. The van der Waals surface area contributed by atoms with Crippen LogP contribution in [0.2, 0.25) is 0 Å². The maximum Gasteiger partial charge on any atom is 0.0337 e. The van der Waals surface area contributed by atoms with Crippen molar-refractivity contribution in [1.82, 2.24) is 4.90 Å². The van der Waals surface area contributed by atoms with Gasteiger partial charge in [-0.3, -0.25) is 4.90 Å². The number of nitrogens with zero attached hydrogens (tertiary/aromatic N) is 1. The highest BCUT2D eigenvalue weighted by molar-refractivity contribution is 4.97. The molecular weight excluding hydrogens is 232 g/mol. The van der Waals surface area contributed by atoms with Crippen molar-refractivity contribution < 1.29 is 0 Å². The van der Waals surface area contributed by atoms with Gasteiger partial charge in [0, 0.05) is 18.1 Å². The number of nitrogens with two attached hydrogens (primary N) is 1. The third-order valence-corrected chi connectivity index (χ3v) is 5.12. The van der Waals surface area contributed by atoms with E-state index in [1.54, 1.807) is 0 Å². The molecule has 2 nitrogen and oxygen atoms in total. The topological polar surface area (TPSA) is 29.3 Å². The fourth-order valence-electron chi connectivity index (χ4n) is 3.95. The van der Waals surface area contributed by atoms with E-state index >= 15 is 0 Å². The Bertz CT molecular complexity index is 239. The molecule has 0 amide bonds. The fourth-order valence-corrected chi connectivity index (χ4v) is 3.95. The molecule has 0 aromatic rings. The van der Waals surface area contributed by atoms with E-state index in [1.165, 1.54) is 57.9 Å². The predicted octanol–water partition coefficient (Wildman–Crippen LogP) is 4.18. The minimum atomic E-state index is 0.292. The highest BCUT2D eigenvalue weighted by Gasteiger charge is 2.40. The summed E-state index contributed by atoms with van der Waals surface area (Å²) in [6.07, 6.45) is 10.7. The minimum absolute atomic E-state index is 0.292. The zero-order valence-electron chi connectivity index (χ0n) is 13.8. The van der Waals surface area contributed by atoms with Crippen molar-refractivity contribution in [3.63, 3.8) is 0 Å². The smallest absolute Gasteiger partial charge is 0.0337 e. The lowest BCUT2D eigenvalue weighted by atomic mass is 9.73. The molecule has 114 valence electrons. The Morgan fingerprint density at radius 2 is 2.00 bits per heavy atom. The number of hydrogen-bond acceptors (Lipinski definition) is 2. The van der Waals surface area contributed by atoms with Crippen LogP contribution < -0.4 is 5.73 Å². The third-order valence-electron chi connectivity index (χ3n) is 5.12. The first-order valence-corrected chi connectivity index (χ1v) is 8.56. The number of unbranched alkanes of at least 4 members (excludes halogenated alkanes) is 2. The van der Waals surface area contributed by atoms with Crippen LogP contribution in [0.3, 0.4) is 0 Å². The molecule has 2 unspecified atom stereocenters. The maximum atomic E-state index is 6.26. The Morgan fingerprint density at radius 3 is 2.53 bits per heavy atom. The van der Waals surface area contributed by atoms with E-state index < -0.39 is 0 Å². The Hall–Kier alpha value is -0.0800. The summed E-state index contributed by atoms with van der Waals surface area (Å²) in [5.74, 6) is 0.893. The second-order valence-electron chi connectivity index (χ2n) is 6.79. The van der Waals surface area contributed by atoms with Gasteiger partial charge in [0.15, 0.2) is 0 Å². The molecular formula is C17H36N2. The average Bonchev–Trinajstić information content (AvgIpc) is 2.43. The van der Waals surface area contributed by atoms with Gasteiger partial charge in [-0.1, -0.05) is 46.0 Å². The lowest BCUT2D eigenvalue weighted by Gasteiger charge is -2.50. The van der Waals surface area contributed by atoms with E-state index in [0.29, 0.717) is 11.6 Å². The van der Waals surface area contributed by atoms with E-state index in [2.05, 4.69) is 32.6 Å². The van der Waals surface area contributed by atoms with Gasteiger partial charge in [0.25, 0.3) is 0 Å². The van der Waals surface area contributed by atoms with Gasteiger partial charge in [-0.25, -0.2) is 0 Å². The molecule has 0 heterocycles. The van der Waals surface area contributed by atoms with Crippen molar-refractivity contribution in [2.75, 3.05) is 13.1 Å². The van der Waals surface area contributed by atoms with Crippen LogP contribution in [0.4, 0.5) is 0 Å². The molecule has 0 saturated heterocycles. The molecule has 2 atom stereocenters. The molecule has 0 bridgehead atoms. The molecule has 0 aliphatic heterocycles. The van der Waals surface area contributed by atoms with Crippen LogP contribution in [-0.4, -0.2) is 29.6 Å². The van der Waals surface area contributed by atoms with Crippen LogP contribution in [0.15, 0.2) is 0 Å². The van der Waals surface area contributed by atoms with Gasteiger partial charge in [-0.15, -0.1) is 0 Å². The van der Waals surface area contributed by atoms with Gasteiger partial charge in [0.05, 0.1) is 0 Å². The molecule has 1 aliphatic rings. The molecule has 0 spiro atoms. The molecule has 0 aromatic heterocycles. The van der Waals surface area contributed by atoms with Gasteiger partial charge >= 0.3 is 0 Å². The number of rotatable bonds is 8. The SMILES string of the molecule is CCCCCN(C(C)C)C1(CN)CCCC(CC)C1. The summed E-state index contributed by atoms with van der Waals surface area (Å²) >= 11 is 0. The van der Waals surface area contributed by atoms with Gasteiger partial charge in [0.1, 0.15) is 0 Å². The van der Waals surface area contributed by atoms with Crippen LogP contribution in [0.25, 0.3) is 0 Å². The van der Waals surface area contributed by atoms with Crippen LogP contribution in [0, 0.1) is 5.92 Å². The summed E-state index contributed by atoms with van der Waals surface area (Å²) in [6, 6.07) is 0.621. The third kappa shape index (κ3) is 4.46. The van der Waals surface area contributed by atoms with Crippen LogP contribution in [-0.2, 0) is 0 Å². The molecule has 2 heteroatoms. The van der Waals surface area contributed by atoms with Crippen LogP contribution >= 0.6 is 0 Å². The fraction of sp³-hybridized carbons (Fsp3) is 1.00. The van der Waals surface area contributed by atoms with Crippen molar-refractivity contribution in [3.8, 4) is 0 Å². The minimum Gasteiger partial charge on any atom is -0.329 e. The van der Waals surface area contributed by atoms with Gasteiger partial charge in [-0.05, 0) is 45.6 Å². The number of hydrogen-bond donors (Lipinski definition) is 1. The van der Waals surface area contributed by atoms with Gasteiger partial charge in [0.2, 0.25) is 0 Å². The molecule has 1 saturated carbocycles. The Kier molecular flexibility index (Phi) is 7.38. The van der Waals surface area contributed by atoms with Crippen molar-refractivity contribution in [2.24, 2.45) is 11.7 Å². The summed E-state index contributed by atoms with van der Waals surface area (Å²) < 4.78 is 0. The van der Waals surface area contributed by atoms with Crippen molar-refractivity contribution in [3.05, 3.63) is 0 Å². The van der Waals surface area contributed by atoms with E-state index in [-0.39, 0.29) is 0 Å².